The molecule has 1 N–H and O–H groups in total. The molecule has 110 valence electrons. The van der Waals surface area contributed by atoms with Crippen molar-refractivity contribution in [3.05, 3.63) is 11.6 Å². The smallest absolute Gasteiger partial charge is 0.326 e. The number of carbonyl (C=O) groups is 1. The lowest BCUT2D eigenvalue weighted by molar-refractivity contribution is -0.141. The van der Waals surface area contributed by atoms with Crippen LogP contribution in [0.4, 0.5) is 0 Å². The summed E-state index contributed by atoms with van der Waals surface area (Å²) >= 11 is 0. The Hall–Kier alpha value is -1.44. The molecule has 1 saturated heterocycles. The minimum atomic E-state index is -3.25. The molecular weight excluding hydrogens is 282 g/mol. The van der Waals surface area contributed by atoms with E-state index in [-0.39, 0.29) is 5.75 Å². The zero-order chi connectivity index (χ0) is 14.3. The third-order valence-electron chi connectivity index (χ3n) is 4.13. The van der Waals surface area contributed by atoms with E-state index in [9.17, 15) is 18.3 Å². The van der Waals surface area contributed by atoms with Crippen LogP contribution in [0.15, 0.2) is 0 Å². The Morgan fingerprint density at radius 2 is 2.00 bits per heavy atom. The average Bonchev–Trinajstić information content (AvgIpc) is 2.81. The van der Waals surface area contributed by atoms with Crippen molar-refractivity contribution in [1.29, 1.82) is 0 Å². The van der Waals surface area contributed by atoms with Crippen molar-refractivity contribution in [1.82, 2.24) is 14.8 Å². The Bertz CT molecular complexity index is 637. The van der Waals surface area contributed by atoms with Gasteiger partial charge >= 0.3 is 5.97 Å². The van der Waals surface area contributed by atoms with Crippen LogP contribution in [-0.2, 0) is 21.1 Å². The number of hydrogen-bond donors (Lipinski definition) is 1. The van der Waals surface area contributed by atoms with Gasteiger partial charge in [-0.3, -0.25) is 4.57 Å². The van der Waals surface area contributed by atoms with Gasteiger partial charge in [-0.1, -0.05) is 6.42 Å². The van der Waals surface area contributed by atoms with Crippen LogP contribution < -0.4 is 0 Å². The molecule has 0 radical (unpaired) electrons. The maximum absolute atomic E-state index is 12.2. The van der Waals surface area contributed by atoms with Crippen molar-refractivity contribution < 1.29 is 18.3 Å². The molecule has 20 heavy (non-hydrogen) atoms. The Labute approximate surface area is 116 Å². The first-order valence-electron chi connectivity index (χ1n) is 6.89. The quantitative estimate of drug-likeness (QED) is 0.869. The van der Waals surface area contributed by atoms with Crippen LogP contribution in [-0.4, -0.2) is 40.0 Å². The number of sulfone groups is 1. The molecule has 7 nitrogen and oxygen atoms in total. The summed E-state index contributed by atoms with van der Waals surface area (Å²) in [6.07, 6.45) is 3.90. The van der Waals surface area contributed by atoms with E-state index in [2.05, 4.69) is 10.2 Å². The van der Waals surface area contributed by atoms with Crippen molar-refractivity contribution in [2.75, 3.05) is 5.75 Å². The number of aromatic nitrogens is 3. The lowest BCUT2D eigenvalue weighted by atomic mass is 10.0. The number of aliphatic carboxylic acids is 1. The van der Waals surface area contributed by atoms with Crippen LogP contribution in [0.5, 0.6) is 0 Å². The van der Waals surface area contributed by atoms with Gasteiger partial charge in [0.05, 0.1) is 5.75 Å². The van der Waals surface area contributed by atoms with Crippen LogP contribution in [0.3, 0.4) is 0 Å². The van der Waals surface area contributed by atoms with Crippen LogP contribution in [0, 0.1) is 0 Å². The fourth-order valence-corrected chi connectivity index (χ4v) is 5.03. The maximum atomic E-state index is 12.2. The summed E-state index contributed by atoms with van der Waals surface area (Å²) in [4.78, 5) is 11.4. The van der Waals surface area contributed by atoms with Gasteiger partial charge in [0.1, 0.15) is 17.1 Å². The molecule has 0 spiro atoms. The predicted molar refractivity (Wildman–Crippen MR) is 70.0 cm³/mol. The van der Waals surface area contributed by atoms with E-state index in [4.69, 9.17) is 0 Å². The zero-order valence-corrected chi connectivity index (χ0v) is 11.8. The molecule has 2 aliphatic heterocycles. The molecule has 1 aromatic rings. The first-order valence-corrected chi connectivity index (χ1v) is 8.60. The Balaban J connectivity index is 2.07. The molecule has 0 bridgehead atoms. The number of rotatable bonds is 2. The van der Waals surface area contributed by atoms with Crippen LogP contribution in [0.25, 0.3) is 0 Å². The summed E-state index contributed by atoms with van der Waals surface area (Å²) in [6, 6.07) is -0.735. The number of hydrogen-bond acceptors (Lipinski definition) is 5. The topological polar surface area (TPSA) is 102 Å². The molecule has 8 heteroatoms. The molecule has 2 aliphatic rings. The highest BCUT2D eigenvalue weighted by atomic mass is 32.2. The van der Waals surface area contributed by atoms with Gasteiger partial charge in [0.15, 0.2) is 15.7 Å². The zero-order valence-electron chi connectivity index (χ0n) is 11.0. The van der Waals surface area contributed by atoms with Crippen molar-refractivity contribution in [3.63, 3.8) is 0 Å². The number of carboxylic acids is 1. The number of carboxylic acid groups (broad SMARTS) is 1. The normalized spacial score (nSPS) is 28.8. The van der Waals surface area contributed by atoms with E-state index in [1.165, 1.54) is 0 Å². The second-order valence-electron chi connectivity index (χ2n) is 5.44. The van der Waals surface area contributed by atoms with Crippen LogP contribution in [0.1, 0.15) is 55.0 Å². The van der Waals surface area contributed by atoms with Gasteiger partial charge in [-0.2, -0.15) is 0 Å². The molecule has 0 aromatic carbocycles. The van der Waals surface area contributed by atoms with E-state index >= 15 is 0 Å². The van der Waals surface area contributed by atoms with Gasteiger partial charge in [0, 0.05) is 6.42 Å². The Kier molecular flexibility index (Phi) is 3.27. The standard InChI is InChI=1S/C12H17N3O4S/c16-12(17)8-4-3-6-10-13-14-11(15(8)10)9-5-1-2-7-20(9,18)19/h8-9H,1-7H2,(H,16,17). The molecule has 2 atom stereocenters. The molecule has 0 aliphatic carbocycles. The van der Waals surface area contributed by atoms with Gasteiger partial charge in [-0.15, -0.1) is 10.2 Å². The fraction of sp³-hybridized carbons (Fsp3) is 0.750. The van der Waals surface area contributed by atoms with Gasteiger partial charge in [-0.25, -0.2) is 13.2 Å². The lowest BCUT2D eigenvalue weighted by Crippen LogP contribution is -2.30. The molecule has 1 aromatic heterocycles. The number of fused-ring (bicyclic) bond motifs is 1. The monoisotopic (exact) mass is 299 g/mol. The van der Waals surface area contributed by atoms with Gasteiger partial charge in [-0.05, 0) is 25.7 Å². The lowest BCUT2D eigenvalue weighted by Gasteiger charge is -2.27. The van der Waals surface area contributed by atoms with Crippen molar-refractivity contribution in [3.8, 4) is 0 Å². The van der Waals surface area contributed by atoms with Crippen LogP contribution in [0.2, 0.25) is 0 Å². The predicted octanol–water partition coefficient (Wildman–Crippen LogP) is 0.880. The fourth-order valence-electron chi connectivity index (χ4n) is 3.13. The van der Waals surface area contributed by atoms with Gasteiger partial charge in [0.2, 0.25) is 0 Å². The highest BCUT2D eigenvalue weighted by Gasteiger charge is 2.38. The molecule has 0 amide bonds. The molecule has 3 heterocycles. The largest absolute Gasteiger partial charge is 0.480 e. The van der Waals surface area contributed by atoms with E-state index in [1.807, 2.05) is 0 Å². The second-order valence-corrected chi connectivity index (χ2v) is 7.75. The van der Waals surface area contributed by atoms with Crippen molar-refractivity contribution in [2.45, 2.75) is 49.8 Å². The van der Waals surface area contributed by atoms with Gasteiger partial charge in [0.25, 0.3) is 0 Å². The van der Waals surface area contributed by atoms with E-state index < -0.39 is 27.1 Å². The SMILES string of the molecule is O=C(O)C1CCCc2nnc(C3CCCCS3(=O)=O)n21. The number of aryl methyl sites for hydroxylation is 1. The molecule has 3 rings (SSSR count). The van der Waals surface area contributed by atoms with Crippen molar-refractivity contribution >= 4 is 15.8 Å². The highest BCUT2D eigenvalue weighted by molar-refractivity contribution is 7.91. The summed E-state index contributed by atoms with van der Waals surface area (Å²) in [6.45, 7) is 0. The first kappa shape index (κ1) is 13.5. The summed E-state index contributed by atoms with van der Waals surface area (Å²) in [7, 11) is -3.25. The molecule has 2 unspecified atom stereocenters. The third kappa shape index (κ3) is 2.11. The summed E-state index contributed by atoms with van der Waals surface area (Å²) < 4.78 is 26.0. The van der Waals surface area contributed by atoms with E-state index in [0.29, 0.717) is 37.3 Å². The number of nitrogens with zero attached hydrogens (tertiary/aromatic N) is 3. The maximum Gasteiger partial charge on any atom is 0.326 e. The molecular formula is C12H17N3O4S. The Morgan fingerprint density at radius 3 is 2.70 bits per heavy atom. The molecule has 1 fully saturated rings. The van der Waals surface area contributed by atoms with E-state index in [0.717, 1.165) is 12.8 Å². The van der Waals surface area contributed by atoms with Crippen LogP contribution >= 0.6 is 0 Å². The summed E-state index contributed by atoms with van der Waals surface area (Å²) in [5.74, 6) is 0.129. The average molecular weight is 299 g/mol. The minimum absolute atomic E-state index is 0.150. The first-order chi connectivity index (χ1) is 9.50. The van der Waals surface area contributed by atoms with E-state index in [1.54, 1.807) is 4.57 Å². The Morgan fingerprint density at radius 1 is 1.20 bits per heavy atom. The summed E-state index contributed by atoms with van der Waals surface area (Å²) in [5.41, 5.74) is 0. The third-order valence-corrected chi connectivity index (χ3v) is 6.31. The second kappa shape index (κ2) is 4.83. The minimum Gasteiger partial charge on any atom is -0.480 e. The molecule has 0 saturated carbocycles. The summed E-state index contributed by atoms with van der Waals surface area (Å²) in [5, 5.41) is 16.7. The highest BCUT2D eigenvalue weighted by Crippen LogP contribution is 2.36. The van der Waals surface area contributed by atoms with Gasteiger partial charge < -0.3 is 5.11 Å². The van der Waals surface area contributed by atoms with Crippen molar-refractivity contribution in [2.24, 2.45) is 0 Å².